The van der Waals surface area contributed by atoms with Gasteiger partial charge in [-0.15, -0.1) is 0 Å². The van der Waals surface area contributed by atoms with Crippen LogP contribution >= 0.6 is 10.6 Å². The maximum Gasteiger partial charge on any atom is 0.144 e. The molecule has 0 spiro atoms. The van der Waals surface area contributed by atoms with Crippen molar-refractivity contribution in [1.82, 2.24) is 5.32 Å². The average Bonchev–Trinajstić information content (AvgIpc) is 3.07. The summed E-state index contributed by atoms with van der Waals surface area (Å²) < 4.78 is 40.3. The first-order chi connectivity index (χ1) is 20.2. The smallest absolute Gasteiger partial charge is 0.144 e. The predicted octanol–water partition coefficient (Wildman–Crippen LogP) is 8.34. The molecule has 0 bridgehead atoms. The van der Waals surface area contributed by atoms with Gasteiger partial charge in [0.25, 0.3) is 0 Å². The van der Waals surface area contributed by atoms with Gasteiger partial charge in [0.05, 0.1) is 37.0 Å². The van der Waals surface area contributed by atoms with E-state index >= 15 is 0 Å². The molecule has 7 nitrogen and oxygen atoms in total. The van der Waals surface area contributed by atoms with Gasteiger partial charge in [-0.3, -0.25) is 9.11 Å². The molecule has 8 heteroatoms. The van der Waals surface area contributed by atoms with Crippen LogP contribution in [0.1, 0.15) is 84.6 Å². The molecule has 0 saturated heterocycles. The van der Waals surface area contributed by atoms with Crippen LogP contribution in [-0.2, 0) is 15.9 Å². The number of nitrogens with zero attached hydrogens (tertiary/aromatic N) is 1. The Morgan fingerprint density at radius 3 is 2.14 bits per heavy atom. The lowest BCUT2D eigenvalue weighted by Crippen LogP contribution is -2.28. The largest absolute Gasteiger partial charge is 0.489 e. The number of unbranched alkanes of at least 4 members (excludes halogenated alkanes) is 2. The van der Waals surface area contributed by atoms with Gasteiger partial charge < -0.3 is 24.4 Å². The van der Waals surface area contributed by atoms with Crippen molar-refractivity contribution in [2.45, 2.75) is 90.4 Å². The lowest BCUT2D eigenvalue weighted by atomic mass is 9.75. The number of allylic oxidation sites excluding steroid dienone is 3. The van der Waals surface area contributed by atoms with Crippen LogP contribution in [0.15, 0.2) is 41.8 Å². The Bertz CT molecular complexity index is 883. The fraction of sp³-hybridized carbons (Fsp3) is 0.706. The van der Waals surface area contributed by atoms with Gasteiger partial charge in [-0.1, -0.05) is 71.3 Å². The summed E-state index contributed by atoms with van der Waals surface area (Å²) in [7, 11) is 1.08. The van der Waals surface area contributed by atoms with Crippen LogP contribution in [0.3, 0.4) is 0 Å². The van der Waals surface area contributed by atoms with Gasteiger partial charge in [-0.05, 0) is 62.6 Å². The minimum atomic E-state index is -2.92. The van der Waals surface area contributed by atoms with Gasteiger partial charge in [0.1, 0.15) is 12.4 Å². The Labute approximate surface area is 259 Å². The molecule has 0 aromatic heterocycles. The summed E-state index contributed by atoms with van der Waals surface area (Å²) in [5.41, 5.74) is 2.00. The van der Waals surface area contributed by atoms with Crippen LogP contribution in [0.5, 0.6) is 5.75 Å². The first-order valence-corrected chi connectivity index (χ1v) is 17.7. The van der Waals surface area contributed by atoms with Crippen molar-refractivity contribution in [3.8, 4) is 5.75 Å². The molecule has 244 valence electrons. The lowest BCUT2D eigenvalue weighted by molar-refractivity contribution is 0.0373. The molecule has 0 saturated carbocycles. The summed E-state index contributed by atoms with van der Waals surface area (Å²) in [5.74, 6) is 1.14. The molecular weight excluding hydrogens is 548 g/mol. The minimum Gasteiger partial charge on any atom is -0.489 e. The molecule has 0 radical (unpaired) electrons. The number of hydrogen-bond donors (Lipinski definition) is 3. The molecule has 0 amide bonds. The third kappa shape index (κ3) is 14.3. The van der Waals surface area contributed by atoms with E-state index in [1.165, 1.54) is 0 Å². The minimum absolute atomic E-state index is 0.00878. The first-order valence-electron chi connectivity index (χ1n) is 16.0. The third-order valence-electron chi connectivity index (χ3n) is 7.57. The standard InChI is InChI=1S/C29H54N2O5S.C5H8/c1-6-9-12-29(13-10-7-2)14-11-25-22-26(31(4)5)27(23-28(25)37(32,33)24-29)36-21-20-35-19-18-34-17-16-30-15-8-3;1-3-5-4-2/h22-23,30,32-33H,6-21,24H2,1-5H3;3-5H,1H2,2H3/b;5-4-. The Kier molecular flexibility index (Phi) is 20.2. The molecule has 1 aliphatic rings. The molecular formula is C34H62N2O5S. The third-order valence-corrected chi connectivity index (χ3v) is 9.66. The number of rotatable bonds is 20. The average molecular weight is 611 g/mol. The monoisotopic (exact) mass is 610 g/mol. The van der Waals surface area contributed by atoms with Gasteiger partial charge >= 0.3 is 0 Å². The molecule has 1 aromatic rings. The molecule has 0 unspecified atom stereocenters. The van der Waals surface area contributed by atoms with E-state index in [4.69, 9.17) is 14.2 Å². The highest BCUT2D eigenvalue weighted by Crippen LogP contribution is 2.60. The molecule has 1 aromatic carbocycles. The summed E-state index contributed by atoms with van der Waals surface area (Å²) in [6.45, 7) is 16.5. The Balaban J connectivity index is 0.00000162. The van der Waals surface area contributed by atoms with E-state index in [-0.39, 0.29) is 5.41 Å². The quantitative estimate of drug-likeness (QED) is 0.101. The molecule has 0 aliphatic carbocycles. The second-order valence-electron chi connectivity index (χ2n) is 11.4. The maximum absolute atomic E-state index is 11.5. The van der Waals surface area contributed by atoms with E-state index in [0.717, 1.165) is 82.1 Å². The summed E-state index contributed by atoms with van der Waals surface area (Å²) in [6, 6.07) is 4.00. The van der Waals surface area contributed by atoms with Crippen molar-refractivity contribution in [1.29, 1.82) is 0 Å². The van der Waals surface area contributed by atoms with Crippen LogP contribution in [-0.4, -0.2) is 75.1 Å². The lowest BCUT2D eigenvalue weighted by Gasteiger charge is -2.42. The summed E-state index contributed by atoms with van der Waals surface area (Å²) in [5, 5.41) is 3.31. The van der Waals surface area contributed by atoms with Crippen LogP contribution in [0.2, 0.25) is 0 Å². The van der Waals surface area contributed by atoms with Crippen molar-refractivity contribution in [3.63, 3.8) is 0 Å². The van der Waals surface area contributed by atoms with Gasteiger partial charge in [-0.2, -0.15) is 10.6 Å². The topological polar surface area (TPSA) is 83.4 Å². The molecule has 0 atom stereocenters. The number of fused-ring (bicyclic) bond motifs is 1. The second kappa shape index (κ2) is 22.0. The van der Waals surface area contributed by atoms with E-state index in [0.29, 0.717) is 49.4 Å². The number of anilines is 1. The number of benzene rings is 1. The second-order valence-corrected chi connectivity index (χ2v) is 13.5. The summed E-state index contributed by atoms with van der Waals surface area (Å²) in [4.78, 5) is 2.71. The predicted molar refractivity (Wildman–Crippen MR) is 182 cm³/mol. The highest BCUT2D eigenvalue weighted by molar-refractivity contribution is 8.24. The van der Waals surface area contributed by atoms with Gasteiger partial charge in [0, 0.05) is 32.5 Å². The summed E-state index contributed by atoms with van der Waals surface area (Å²) in [6.07, 6.45) is 15.2. The van der Waals surface area contributed by atoms with Gasteiger partial charge in [0.15, 0.2) is 0 Å². The van der Waals surface area contributed by atoms with E-state index < -0.39 is 10.6 Å². The van der Waals surface area contributed by atoms with Crippen LogP contribution < -0.4 is 15.0 Å². The molecule has 1 heterocycles. The zero-order chi connectivity index (χ0) is 31.3. The molecule has 1 aliphatic heterocycles. The SMILES string of the molecule is C=C/C=C\C.CCCCC1(CCCC)CCc2cc(N(C)C)c(OCCOCCOCCNCCC)cc2S(O)(O)C1. The zero-order valence-corrected chi connectivity index (χ0v) is 28.4. The maximum atomic E-state index is 11.5. The van der Waals surface area contributed by atoms with Crippen molar-refractivity contribution in [2.75, 3.05) is 70.9 Å². The highest BCUT2D eigenvalue weighted by atomic mass is 32.3. The first kappa shape index (κ1) is 38.5. The van der Waals surface area contributed by atoms with E-state index in [1.807, 2.05) is 44.1 Å². The normalized spacial score (nSPS) is 16.2. The van der Waals surface area contributed by atoms with Crippen molar-refractivity contribution >= 4 is 16.3 Å². The summed E-state index contributed by atoms with van der Waals surface area (Å²) >= 11 is 0. The number of nitrogens with one attached hydrogen (secondary N) is 1. The van der Waals surface area contributed by atoms with Crippen LogP contribution in [0, 0.1) is 5.41 Å². The van der Waals surface area contributed by atoms with Crippen molar-refractivity contribution < 1.29 is 23.3 Å². The van der Waals surface area contributed by atoms with E-state index in [1.54, 1.807) is 6.08 Å². The van der Waals surface area contributed by atoms with Gasteiger partial charge in [-0.25, -0.2) is 0 Å². The fourth-order valence-electron chi connectivity index (χ4n) is 5.27. The van der Waals surface area contributed by atoms with E-state index in [2.05, 4.69) is 38.7 Å². The number of aryl methyl sites for hydroxylation is 1. The number of ether oxygens (including phenoxy) is 3. The van der Waals surface area contributed by atoms with Crippen LogP contribution in [0.25, 0.3) is 0 Å². The Hall–Kier alpha value is -1.55. The van der Waals surface area contributed by atoms with Gasteiger partial charge in [0.2, 0.25) is 0 Å². The number of hydrogen-bond acceptors (Lipinski definition) is 7. The fourth-order valence-corrected chi connectivity index (χ4v) is 7.59. The zero-order valence-electron chi connectivity index (χ0n) is 27.6. The molecule has 42 heavy (non-hydrogen) atoms. The molecule has 0 fully saturated rings. The molecule has 2 rings (SSSR count). The molecule has 3 N–H and O–H groups in total. The van der Waals surface area contributed by atoms with Crippen LogP contribution in [0.4, 0.5) is 5.69 Å². The van der Waals surface area contributed by atoms with Crippen molar-refractivity contribution in [3.05, 3.63) is 42.5 Å². The Morgan fingerprint density at radius 1 is 0.952 bits per heavy atom. The highest BCUT2D eigenvalue weighted by Gasteiger charge is 2.39. The Morgan fingerprint density at radius 2 is 1.60 bits per heavy atom. The van der Waals surface area contributed by atoms with E-state index in [9.17, 15) is 9.11 Å². The van der Waals surface area contributed by atoms with Crippen molar-refractivity contribution in [2.24, 2.45) is 5.41 Å².